The fourth-order valence-corrected chi connectivity index (χ4v) is 0.925. The molecular weight excluding hydrogens is 220 g/mol. The van der Waals surface area contributed by atoms with E-state index in [1.807, 2.05) is 34.6 Å². The van der Waals surface area contributed by atoms with Crippen molar-refractivity contribution in [2.75, 3.05) is 19.7 Å². The highest BCUT2D eigenvalue weighted by molar-refractivity contribution is 5.78. The lowest BCUT2D eigenvalue weighted by Crippen LogP contribution is -2.38. The molecule has 0 aromatic heterocycles. The molecule has 0 radical (unpaired) electrons. The van der Waals surface area contributed by atoms with Crippen molar-refractivity contribution in [1.29, 1.82) is 0 Å². The van der Waals surface area contributed by atoms with Crippen molar-refractivity contribution in [2.24, 2.45) is 5.92 Å². The molecule has 0 saturated heterocycles. The van der Waals surface area contributed by atoms with Crippen LogP contribution in [0.25, 0.3) is 0 Å². The van der Waals surface area contributed by atoms with Gasteiger partial charge in [0.25, 0.3) is 0 Å². The highest BCUT2D eigenvalue weighted by Gasteiger charge is 2.12. The summed E-state index contributed by atoms with van der Waals surface area (Å²) in [5, 5.41) is 5.39. The molecule has 0 bridgehead atoms. The van der Waals surface area contributed by atoms with E-state index in [0.717, 1.165) is 0 Å². The number of hydrogen-bond acceptors (Lipinski definition) is 3. The van der Waals surface area contributed by atoms with E-state index in [2.05, 4.69) is 10.6 Å². The molecule has 0 fully saturated rings. The molecule has 2 N–H and O–H groups in total. The molecule has 2 amide bonds. The number of nitrogens with one attached hydrogen (secondary N) is 2. The molecule has 0 aromatic rings. The third-order valence-electron chi connectivity index (χ3n) is 1.91. The Labute approximate surface area is 103 Å². The van der Waals surface area contributed by atoms with Gasteiger partial charge in [0.2, 0.25) is 11.8 Å². The largest absolute Gasteiger partial charge is 0.366 e. The van der Waals surface area contributed by atoms with E-state index in [1.54, 1.807) is 0 Å². The normalized spacial score (nSPS) is 11.4. The quantitative estimate of drug-likeness (QED) is 0.676. The summed E-state index contributed by atoms with van der Waals surface area (Å²) in [6.45, 7) is 10.2. The molecule has 5 nitrogen and oxygen atoms in total. The number of carbonyl (C=O) groups is 2. The van der Waals surface area contributed by atoms with Crippen LogP contribution in [0.2, 0.25) is 0 Å². The van der Waals surface area contributed by atoms with Gasteiger partial charge in [-0.3, -0.25) is 9.59 Å². The highest BCUT2D eigenvalue weighted by Crippen LogP contribution is 2.05. The number of amides is 2. The van der Waals surface area contributed by atoms with E-state index in [-0.39, 0.29) is 29.9 Å². The molecule has 0 heterocycles. The summed E-state index contributed by atoms with van der Waals surface area (Å²) in [4.78, 5) is 22.5. The first kappa shape index (κ1) is 15.9. The van der Waals surface area contributed by atoms with E-state index in [1.165, 1.54) is 0 Å². The van der Waals surface area contributed by atoms with Crippen molar-refractivity contribution in [2.45, 2.75) is 40.2 Å². The molecule has 100 valence electrons. The van der Waals surface area contributed by atoms with E-state index >= 15 is 0 Å². The van der Waals surface area contributed by atoms with E-state index in [4.69, 9.17) is 4.74 Å². The average molecular weight is 244 g/mol. The maximum atomic E-state index is 11.3. The Balaban J connectivity index is 3.56. The first-order valence-electron chi connectivity index (χ1n) is 5.91. The summed E-state index contributed by atoms with van der Waals surface area (Å²) in [5.41, 5.74) is -0.316. The summed E-state index contributed by atoms with van der Waals surface area (Å²) >= 11 is 0. The predicted molar refractivity (Wildman–Crippen MR) is 66.6 cm³/mol. The van der Waals surface area contributed by atoms with Gasteiger partial charge in [0, 0.05) is 19.0 Å². The standard InChI is InChI=1S/C12H24N2O3/c1-9(2)11(16)14-7-6-13-10(15)8-17-12(3,4)5/h9H,6-8H2,1-5H3,(H,13,15)(H,14,16). The third-order valence-corrected chi connectivity index (χ3v) is 1.91. The highest BCUT2D eigenvalue weighted by atomic mass is 16.5. The van der Waals surface area contributed by atoms with Crippen LogP contribution in [-0.4, -0.2) is 37.1 Å². The van der Waals surface area contributed by atoms with Crippen LogP contribution >= 0.6 is 0 Å². The molecule has 17 heavy (non-hydrogen) atoms. The number of rotatable bonds is 6. The van der Waals surface area contributed by atoms with Crippen molar-refractivity contribution in [3.05, 3.63) is 0 Å². The molecule has 0 saturated carbocycles. The molecule has 0 atom stereocenters. The summed E-state index contributed by atoms with van der Waals surface area (Å²) in [6.07, 6.45) is 0. The van der Waals surface area contributed by atoms with Gasteiger partial charge in [-0.25, -0.2) is 0 Å². The maximum absolute atomic E-state index is 11.3. The SMILES string of the molecule is CC(C)C(=O)NCCNC(=O)COC(C)(C)C. The lowest BCUT2D eigenvalue weighted by molar-refractivity contribution is -0.130. The van der Waals surface area contributed by atoms with Crippen LogP contribution in [0.5, 0.6) is 0 Å². The van der Waals surface area contributed by atoms with Crippen molar-refractivity contribution < 1.29 is 14.3 Å². The second-order valence-corrected chi connectivity index (χ2v) is 5.20. The van der Waals surface area contributed by atoms with Crippen LogP contribution in [0.3, 0.4) is 0 Å². The molecule has 0 aliphatic heterocycles. The van der Waals surface area contributed by atoms with E-state index in [0.29, 0.717) is 13.1 Å². The Morgan fingerprint density at radius 1 is 1.12 bits per heavy atom. The fourth-order valence-electron chi connectivity index (χ4n) is 0.925. The number of ether oxygens (including phenoxy) is 1. The monoisotopic (exact) mass is 244 g/mol. The fraction of sp³-hybridized carbons (Fsp3) is 0.833. The molecule has 0 spiro atoms. The lowest BCUT2D eigenvalue weighted by Gasteiger charge is -2.19. The topological polar surface area (TPSA) is 67.4 Å². The van der Waals surface area contributed by atoms with Crippen LogP contribution in [0, 0.1) is 5.92 Å². The Morgan fingerprint density at radius 2 is 1.65 bits per heavy atom. The molecule has 0 aromatic carbocycles. The molecule has 0 aliphatic carbocycles. The van der Waals surface area contributed by atoms with Crippen molar-refractivity contribution >= 4 is 11.8 Å². The van der Waals surface area contributed by atoms with Crippen LogP contribution in [-0.2, 0) is 14.3 Å². The summed E-state index contributed by atoms with van der Waals surface area (Å²) in [5.74, 6) is -0.209. The van der Waals surface area contributed by atoms with Gasteiger partial charge in [0.05, 0.1) is 5.60 Å². The third kappa shape index (κ3) is 9.81. The van der Waals surface area contributed by atoms with Gasteiger partial charge in [-0.15, -0.1) is 0 Å². The van der Waals surface area contributed by atoms with Crippen LogP contribution in [0.1, 0.15) is 34.6 Å². The maximum Gasteiger partial charge on any atom is 0.246 e. The number of hydrogen-bond donors (Lipinski definition) is 2. The first-order chi connectivity index (χ1) is 7.72. The Morgan fingerprint density at radius 3 is 2.12 bits per heavy atom. The predicted octanol–water partition coefficient (Wildman–Crippen LogP) is 0.690. The second-order valence-electron chi connectivity index (χ2n) is 5.20. The molecule has 5 heteroatoms. The minimum absolute atomic E-state index is 0.00908. The van der Waals surface area contributed by atoms with Crippen molar-refractivity contribution in [1.82, 2.24) is 10.6 Å². The van der Waals surface area contributed by atoms with Gasteiger partial charge in [-0.1, -0.05) is 13.8 Å². The minimum Gasteiger partial charge on any atom is -0.366 e. The second kappa shape index (κ2) is 7.27. The van der Waals surface area contributed by atoms with Gasteiger partial charge in [0.15, 0.2) is 0 Å². The summed E-state index contributed by atoms with van der Waals surface area (Å²) in [7, 11) is 0. The van der Waals surface area contributed by atoms with Crippen LogP contribution in [0.4, 0.5) is 0 Å². The minimum atomic E-state index is -0.316. The van der Waals surface area contributed by atoms with E-state index in [9.17, 15) is 9.59 Å². The van der Waals surface area contributed by atoms with Gasteiger partial charge in [0.1, 0.15) is 6.61 Å². The number of carbonyl (C=O) groups excluding carboxylic acids is 2. The smallest absolute Gasteiger partial charge is 0.246 e. The Kier molecular flexibility index (Phi) is 6.80. The van der Waals surface area contributed by atoms with E-state index < -0.39 is 0 Å². The van der Waals surface area contributed by atoms with Crippen molar-refractivity contribution in [3.63, 3.8) is 0 Å². The van der Waals surface area contributed by atoms with Crippen LogP contribution in [0.15, 0.2) is 0 Å². The summed E-state index contributed by atoms with van der Waals surface area (Å²) < 4.78 is 5.31. The molecular formula is C12H24N2O3. The average Bonchev–Trinajstić information content (AvgIpc) is 2.20. The molecule has 0 aliphatic rings. The molecule has 0 unspecified atom stereocenters. The molecule has 0 rings (SSSR count). The Bertz CT molecular complexity index is 257. The lowest BCUT2D eigenvalue weighted by atomic mass is 10.2. The first-order valence-corrected chi connectivity index (χ1v) is 5.91. The zero-order valence-electron chi connectivity index (χ0n) is 11.4. The van der Waals surface area contributed by atoms with Gasteiger partial charge >= 0.3 is 0 Å². The van der Waals surface area contributed by atoms with Gasteiger partial charge < -0.3 is 15.4 Å². The van der Waals surface area contributed by atoms with Gasteiger partial charge in [-0.05, 0) is 20.8 Å². The van der Waals surface area contributed by atoms with Crippen LogP contribution < -0.4 is 10.6 Å². The zero-order chi connectivity index (χ0) is 13.5. The Hall–Kier alpha value is -1.10. The zero-order valence-corrected chi connectivity index (χ0v) is 11.4. The van der Waals surface area contributed by atoms with Crippen molar-refractivity contribution in [3.8, 4) is 0 Å². The van der Waals surface area contributed by atoms with Gasteiger partial charge in [-0.2, -0.15) is 0 Å². The summed E-state index contributed by atoms with van der Waals surface area (Å²) in [6, 6.07) is 0.